The van der Waals surface area contributed by atoms with Crippen molar-refractivity contribution in [3.8, 4) is 5.75 Å². The van der Waals surface area contributed by atoms with E-state index in [0.717, 1.165) is 5.57 Å². The van der Waals surface area contributed by atoms with Gasteiger partial charge in [-0.1, -0.05) is 24.3 Å². The van der Waals surface area contributed by atoms with Crippen molar-refractivity contribution in [3.05, 3.63) is 42.2 Å². The molecular formula is C18H27FN4O2. The van der Waals surface area contributed by atoms with E-state index in [-0.39, 0.29) is 24.8 Å². The van der Waals surface area contributed by atoms with E-state index in [9.17, 15) is 9.18 Å². The Balaban J connectivity index is 2.63. The predicted octanol–water partition coefficient (Wildman–Crippen LogP) is 1.75. The van der Waals surface area contributed by atoms with Crippen LogP contribution in [0.15, 0.2) is 41.4 Å². The summed E-state index contributed by atoms with van der Waals surface area (Å²) in [5.41, 5.74) is 0.947. The Labute approximate surface area is 149 Å². The molecule has 0 spiro atoms. The lowest BCUT2D eigenvalue weighted by atomic mass is 10.3. The zero-order valence-electron chi connectivity index (χ0n) is 15.4. The summed E-state index contributed by atoms with van der Waals surface area (Å²) in [5.74, 6) is 0.295. The van der Waals surface area contributed by atoms with Crippen molar-refractivity contribution in [2.75, 3.05) is 47.4 Å². The molecule has 0 bridgehead atoms. The largest absolute Gasteiger partial charge is 0.489 e. The molecule has 1 amide bonds. The first kappa shape index (κ1) is 20.5. The molecule has 1 aromatic rings. The molecule has 0 saturated carbocycles. The standard InChI is InChI=1S/C18H27FN4O2/c1-14(2)12-20-18(21-13-17(24)22(3)4)23(5)10-11-25-16-9-7-6-8-15(16)19/h6-9H,1,10-13H2,2-5H3,(H,20,21). The highest BCUT2D eigenvalue weighted by atomic mass is 19.1. The van der Waals surface area contributed by atoms with E-state index in [0.29, 0.717) is 19.0 Å². The molecule has 0 aliphatic carbocycles. The Morgan fingerprint density at radius 3 is 2.60 bits per heavy atom. The van der Waals surface area contributed by atoms with E-state index in [2.05, 4.69) is 16.9 Å². The number of carbonyl (C=O) groups is 1. The van der Waals surface area contributed by atoms with Gasteiger partial charge in [0.05, 0.1) is 6.54 Å². The van der Waals surface area contributed by atoms with Crippen molar-refractivity contribution in [3.63, 3.8) is 0 Å². The summed E-state index contributed by atoms with van der Waals surface area (Å²) in [5, 5.41) is 3.15. The van der Waals surface area contributed by atoms with E-state index in [1.807, 2.05) is 18.9 Å². The Kier molecular flexibility index (Phi) is 8.46. The maximum atomic E-state index is 13.5. The van der Waals surface area contributed by atoms with Gasteiger partial charge in [0, 0.05) is 27.7 Å². The zero-order valence-corrected chi connectivity index (χ0v) is 15.4. The second-order valence-corrected chi connectivity index (χ2v) is 5.94. The fraction of sp³-hybridized carbons (Fsp3) is 0.444. The van der Waals surface area contributed by atoms with E-state index in [1.54, 1.807) is 32.3 Å². The highest BCUT2D eigenvalue weighted by molar-refractivity contribution is 5.84. The maximum Gasteiger partial charge on any atom is 0.243 e. The van der Waals surface area contributed by atoms with Crippen molar-refractivity contribution in [1.29, 1.82) is 0 Å². The molecule has 0 unspecified atom stereocenters. The van der Waals surface area contributed by atoms with Crippen molar-refractivity contribution in [2.45, 2.75) is 6.92 Å². The minimum atomic E-state index is -0.393. The van der Waals surface area contributed by atoms with Crippen LogP contribution in [0.3, 0.4) is 0 Å². The van der Waals surface area contributed by atoms with Gasteiger partial charge < -0.3 is 19.9 Å². The molecule has 1 aromatic carbocycles. The SMILES string of the molecule is C=C(C)CNC(=NCC(=O)N(C)C)N(C)CCOc1ccccc1F. The van der Waals surface area contributed by atoms with Crippen LogP contribution in [0.1, 0.15) is 6.92 Å². The Hall–Kier alpha value is -2.57. The van der Waals surface area contributed by atoms with Crippen molar-refractivity contribution in [2.24, 2.45) is 4.99 Å². The van der Waals surface area contributed by atoms with Crippen molar-refractivity contribution < 1.29 is 13.9 Å². The second-order valence-electron chi connectivity index (χ2n) is 5.94. The quantitative estimate of drug-likeness (QED) is 0.441. The molecule has 0 radical (unpaired) electrons. The fourth-order valence-electron chi connectivity index (χ4n) is 1.79. The molecule has 25 heavy (non-hydrogen) atoms. The Morgan fingerprint density at radius 1 is 1.32 bits per heavy atom. The topological polar surface area (TPSA) is 57.2 Å². The van der Waals surface area contributed by atoms with E-state index < -0.39 is 5.82 Å². The van der Waals surface area contributed by atoms with E-state index in [4.69, 9.17) is 4.74 Å². The molecule has 0 aliphatic heterocycles. The van der Waals surface area contributed by atoms with Gasteiger partial charge in [-0.2, -0.15) is 0 Å². The summed E-state index contributed by atoms with van der Waals surface area (Å²) in [6, 6.07) is 6.27. The van der Waals surface area contributed by atoms with Crippen molar-refractivity contribution >= 4 is 11.9 Å². The monoisotopic (exact) mass is 350 g/mol. The molecule has 1 N–H and O–H groups in total. The molecule has 0 aromatic heterocycles. The van der Waals surface area contributed by atoms with Gasteiger partial charge in [-0.15, -0.1) is 0 Å². The zero-order chi connectivity index (χ0) is 18.8. The first-order chi connectivity index (χ1) is 11.8. The molecule has 0 heterocycles. The number of para-hydroxylation sites is 1. The third-order valence-corrected chi connectivity index (χ3v) is 3.29. The smallest absolute Gasteiger partial charge is 0.243 e. The van der Waals surface area contributed by atoms with Gasteiger partial charge in [-0.25, -0.2) is 9.38 Å². The van der Waals surface area contributed by atoms with Gasteiger partial charge in [-0.3, -0.25) is 4.79 Å². The van der Waals surface area contributed by atoms with Gasteiger partial charge in [0.25, 0.3) is 0 Å². The number of benzene rings is 1. The molecule has 6 nitrogen and oxygen atoms in total. The third-order valence-electron chi connectivity index (χ3n) is 3.29. The lowest BCUT2D eigenvalue weighted by Gasteiger charge is -2.23. The minimum Gasteiger partial charge on any atom is -0.489 e. The van der Waals surface area contributed by atoms with Crippen LogP contribution in [0.25, 0.3) is 0 Å². The number of nitrogens with zero attached hydrogens (tertiary/aromatic N) is 3. The Bertz CT molecular complexity index is 617. The van der Waals surface area contributed by atoms with Crippen LogP contribution < -0.4 is 10.1 Å². The average Bonchev–Trinajstić information content (AvgIpc) is 2.55. The number of ether oxygens (including phenoxy) is 1. The summed E-state index contributed by atoms with van der Waals surface area (Å²) in [4.78, 5) is 19.4. The predicted molar refractivity (Wildman–Crippen MR) is 98.3 cm³/mol. The number of likely N-dealkylation sites (N-methyl/N-ethyl adjacent to an activating group) is 2. The van der Waals surface area contributed by atoms with Crippen LogP contribution in [-0.4, -0.2) is 69.1 Å². The number of rotatable bonds is 8. The number of aliphatic imine (C=N–C) groups is 1. The molecule has 0 saturated heterocycles. The van der Waals surface area contributed by atoms with Gasteiger partial charge in [0.15, 0.2) is 17.5 Å². The first-order valence-corrected chi connectivity index (χ1v) is 8.02. The lowest BCUT2D eigenvalue weighted by molar-refractivity contribution is -0.127. The molecular weight excluding hydrogens is 323 g/mol. The highest BCUT2D eigenvalue weighted by Gasteiger charge is 2.10. The maximum absolute atomic E-state index is 13.5. The van der Waals surface area contributed by atoms with Gasteiger partial charge in [-0.05, 0) is 19.1 Å². The number of halogens is 1. The molecule has 0 aliphatic rings. The van der Waals surface area contributed by atoms with Crippen LogP contribution in [0.2, 0.25) is 0 Å². The number of carbonyl (C=O) groups excluding carboxylic acids is 1. The second kappa shape index (κ2) is 10.3. The van der Waals surface area contributed by atoms with E-state index >= 15 is 0 Å². The molecule has 0 fully saturated rings. The van der Waals surface area contributed by atoms with Crippen LogP contribution in [0, 0.1) is 5.82 Å². The van der Waals surface area contributed by atoms with Crippen molar-refractivity contribution in [1.82, 2.24) is 15.1 Å². The average molecular weight is 350 g/mol. The van der Waals surface area contributed by atoms with Crippen LogP contribution in [-0.2, 0) is 4.79 Å². The normalized spacial score (nSPS) is 11.0. The number of hydrogen-bond donors (Lipinski definition) is 1. The summed E-state index contributed by atoms with van der Waals surface area (Å²) in [7, 11) is 5.20. The van der Waals surface area contributed by atoms with Crippen LogP contribution in [0.5, 0.6) is 5.75 Å². The number of nitrogens with one attached hydrogen (secondary N) is 1. The number of guanidine groups is 1. The summed E-state index contributed by atoms with van der Waals surface area (Å²) >= 11 is 0. The Morgan fingerprint density at radius 2 is 2.00 bits per heavy atom. The fourth-order valence-corrected chi connectivity index (χ4v) is 1.79. The minimum absolute atomic E-state index is 0.0457. The molecule has 138 valence electrons. The van der Waals surface area contributed by atoms with Crippen LogP contribution in [0.4, 0.5) is 4.39 Å². The molecule has 7 heteroatoms. The summed E-state index contributed by atoms with van der Waals surface area (Å²) in [6.45, 7) is 7.10. The number of hydrogen-bond acceptors (Lipinski definition) is 3. The lowest BCUT2D eigenvalue weighted by Crippen LogP contribution is -2.42. The van der Waals surface area contributed by atoms with Crippen LogP contribution >= 0.6 is 0 Å². The highest BCUT2D eigenvalue weighted by Crippen LogP contribution is 2.14. The van der Waals surface area contributed by atoms with Gasteiger partial charge in [0.2, 0.25) is 5.91 Å². The van der Waals surface area contributed by atoms with Gasteiger partial charge in [0.1, 0.15) is 13.2 Å². The molecule has 0 atom stereocenters. The number of amides is 1. The summed E-state index contributed by atoms with van der Waals surface area (Å²) in [6.07, 6.45) is 0. The van der Waals surface area contributed by atoms with Gasteiger partial charge >= 0.3 is 0 Å². The first-order valence-electron chi connectivity index (χ1n) is 8.02. The van der Waals surface area contributed by atoms with E-state index in [1.165, 1.54) is 11.0 Å². The third kappa shape index (κ3) is 7.69. The molecule has 1 rings (SSSR count). The summed E-state index contributed by atoms with van der Waals surface area (Å²) < 4.78 is 19.0.